The Balaban J connectivity index is 1.82. The monoisotopic (exact) mass is 370 g/mol. The first-order chi connectivity index (χ1) is 12.6. The van der Waals surface area contributed by atoms with Crippen LogP contribution in [0.25, 0.3) is 11.2 Å². The molecule has 1 aliphatic rings. The Hall–Kier alpha value is -2.14. The molecule has 0 radical (unpaired) electrons. The van der Waals surface area contributed by atoms with E-state index < -0.39 is 0 Å². The molecule has 0 saturated heterocycles. The largest absolute Gasteiger partial charge is 0.318 e. The maximum atomic E-state index is 12.8. The Morgan fingerprint density at radius 2 is 1.85 bits per heavy atom. The van der Waals surface area contributed by atoms with Crippen LogP contribution < -0.4 is 5.56 Å². The molecule has 1 aliphatic carbocycles. The maximum absolute atomic E-state index is 12.8. The Morgan fingerprint density at radius 3 is 2.58 bits per heavy atom. The Morgan fingerprint density at radius 1 is 1.12 bits per heavy atom. The van der Waals surface area contributed by atoms with Gasteiger partial charge in [0.25, 0.3) is 5.56 Å². The summed E-state index contributed by atoms with van der Waals surface area (Å²) >= 11 is 6.11. The van der Waals surface area contributed by atoms with Crippen LogP contribution in [0.15, 0.2) is 35.1 Å². The molecule has 0 aliphatic heterocycles. The van der Waals surface area contributed by atoms with Crippen molar-refractivity contribution in [3.63, 3.8) is 0 Å². The molecular weight excluding hydrogens is 348 g/mol. The first-order valence-electron chi connectivity index (χ1n) is 9.29. The summed E-state index contributed by atoms with van der Waals surface area (Å²) in [5.74, 6) is 1.58. The fourth-order valence-corrected chi connectivity index (χ4v) is 4.08. The van der Waals surface area contributed by atoms with Gasteiger partial charge in [0.2, 0.25) is 5.28 Å². The van der Waals surface area contributed by atoms with Crippen molar-refractivity contribution in [2.45, 2.75) is 45.1 Å². The zero-order chi connectivity index (χ0) is 18.1. The van der Waals surface area contributed by atoms with Crippen molar-refractivity contribution in [2.24, 2.45) is 13.0 Å². The molecule has 2 aromatic heterocycles. The highest BCUT2D eigenvalue weighted by molar-refractivity contribution is 6.28. The maximum Gasteiger partial charge on any atom is 0.280 e. The van der Waals surface area contributed by atoms with Crippen LogP contribution in [0.3, 0.4) is 0 Å². The standard InChI is InChI=1S/C20H23ClN4O/c1-24-19(26)17-18(23-20(24)21)22-16(12-14-8-4-2-5-9-14)25(17)13-15-10-6-3-7-11-15/h3,6-7,10-11,14H,2,4-5,8-9,12-13H2,1H3. The predicted molar refractivity (Wildman–Crippen MR) is 104 cm³/mol. The van der Waals surface area contributed by atoms with E-state index >= 15 is 0 Å². The molecular formula is C20H23ClN4O. The van der Waals surface area contributed by atoms with Crippen LogP contribution in [0.1, 0.15) is 43.5 Å². The van der Waals surface area contributed by atoms with Crippen LogP contribution in [0.2, 0.25) is 5.28 Å². The van der Waals surface area contributed by atoms with E-state index in [9.17, 15) is 4.79 Å². The summed E-state index contributed by atoms with van der Waals surface area (Å²) in [6.45, 7) is 0.623. The molecule has 5 nitrogen and oxygen atoms in total. The average molecular weight is 371 g/mol. The summed E-state index contributed by atoms with van der Waals surface area (Å²) < 4.78 is 3.43. The number of aromatic nitrogens is 4. The van der Waals surface area contributed by atoms with Crippen molar-refractivity contribution in [1.82, 2.24) is 19.1 Å². The lowest BCUT2D eigenvalue weighted by Gasteiger charge is -2.21. The fourth-order valence-electron chi connectivity index (χ4n) is 3.92. The number of halogens is 1. The van der Waals surface area contributed by atoms with Crippen molar-refractivity contribution < 1.29 is 0 Å². The highest BCUT2D eigenvalue weighted by atomic mass is 35.5. The molecule has 26 heavy (non-hydrogen) atoms. The zero-order valence-corrected chi connectivity index (χ0v) is 15.7. The van der Waals surface area contributed by atoms with Gasteiger partial charge < -0.3 is 4.57 Å². The lowest BCUT2D eigenvalue weighted by Crippen LogP contribution is -2.22. The number of fused-ring (bicyclic) bond motifs is 1. The predicted octanol–water partition coefficient (Wildman–Crippen LogP) is 3.95. The zero-order valence-electron chi connectivity index (χ0n) is 15.0. The lowest BCUT2D eigenvalue weighted by molar-refractivity contribution is 0.349. The highest BCUT2D eigenvalue weighted by Crippen LogP contribution is 2.28. The van der Waals surface area contributed by atoms with Gasteiger partial charge in [0, 0.05) is 20.0 Å². The summed E-state index contributed by atoms with van der Waals surface area (Å²) in [4.78, 5) is 21.9. The average Bonchev–Trinajstić information content (AvgIpc) is 2.98. The molecule has 0 atom stereocenters. The molecule has 0 N–H and O–H groups in total. The van der Waals surface area contributed by atoms with E-state index in [-0.39, 0.29) is 10.8 Å². The number of nitrogens with zero attached hydrogens (tertiary/aromatic N) is 4. The lowest BCUT2D eigenvalue weighted by atomic mass is 9.87. The summed E-state index contributed by atoms with van der Waals surface area (Å²) in [6.07, 6.45) is 7.27. The van der Waals surface area contributed by atoms with Crippen LogP contribution in [0.4, 0.5) is 0 Å². The molecule has 0 amide bonds. The van der Waals surface area contributed by atoms with Gasteiger partial charge in [0.1, 0.15) is 5.82 Å². The van der Waals surface area contributed by atoms with Crippen LogP contribution in [0, 0.1) is 5.92 Å². The topological polar surface area (TPSA) is 52.7 Å². The third-order valence-electron chi connectivity index (χ3n) is 5.39. The molecule has 0 spiro atoms. The second kappa shape index (κ2) is 7.23. The normalized spacial score (nSPS) is 15.6. The number of hydrogen-bond donors (Lipinski definition) is 0. The molecule has 1 fully saturated rings. The summed E-state index contributed by atoms with van der Waals surface area (Å²) in [6, 6.07) is 10.2. The molecule has 1 aromatic carbocycles. The van der Waals surface area contributed by atoms with E-state index in [1.54, 1.807) is 7.05 Å². The van der Waals surface area contributed by atoms with E-state index in [1.807, 2.05) is 22.8 Å². The fraction of sp³-hybridized carbons (Fsp3) is 0.450. The van der Waals surface area contributed by atoms with Gasteiger partial charge in [-0.25, -0.2) is 4.98 Å². The first kappa shape index (κ1) is 17.3. The number of hydrogen-bond acceptors (Lipinski definition) is 3. The van der Waals surface area contributed by atoms with Gasteiger partial charge in [-0.1, -0.05) is 62.4 Å². The van der Waals surface area contributed by atoms with Crippen LogP contribution in [-0.2, 0) is 20.0 Å². The van der Waals surface area contributed by atoms with Crippen LogP contribution >= 0.6 is 11.6 Å². The Kier molecular flexibility index (Phi) is 4.81. The third kappa shape index (κ3) is 3.28. The SMILES string of the molecule is Cn1c(Cl)nc2nc(CC3CCCCC3)n(Cc3ccccc3)c2c1=O. The van der Waals surface area contributed by atoms with Gasteiger partial charge in [0.15, 0.2) is 11.2 Å². The molecule has 6 heteroatoms. The minimum absolute atomic E-state index is 0.140. The van der Waals surface area contributed by atoms with Crippen molar-refractivity contribution in [3.05, 3.63) is 57.4 Å². The molecule has 0 bridgehead atoms. The molecule has 136 valence electrons. The number of imidazole rings is 1. The van der Waals surface area contributed by atoms with E-state index in [0.29, 0.717) is 23.6 Å². The van der Waals surface area contributed by atoms with E-state index in [2.05, 4.69) is 17.1 Å². The summed E-state index contributed by atoms with van der Waals surface area (Å²) in [7, 11) is 1.65. The number of benzene rings is 1. The van der Waals surface area contributed by atoms with Crippen molar-refractivity contribution in [3.8, 4) is 0 Å². The second-order valence-electron chi connectivity index (χ2n) is 7.23. The van der Waals surface area contributed by atoms with Crippen LogP contribution in [-0.4, -0.2) is 19.1 Å². The van der Waals surface area contributed by atoms with Crippen molar-refractivity contribution >= 4 is 22.8 Å². The van der Waals surface area contributed by atoms with Gasteiger partial charge >= 0.3 is 0 Å². The highest BCUT2D eigenvalue weighted by Gasteiger charge is 2.22. The Bertz CT molecular complexity index is 971. The summed E-state index contributed by atoms with van der Waals surface area (Å²) in [5, 5.41) is 0.177. The molecule has 0 unspecified atom stereocenters. The third-order valence-corrected chi connectivity index (χ3v) is 5.73. The van der Waals surface area contributed by atoms with Gasteiger partial charge in [-0.2, -0.15) is 4.98 Å². The van der Waals surface area contributed by atoms with Crippen molar-refractivity contribution in [1.29, 1.82) is 0 Å². The number of rotatable bonds is 4. The Labute approximate surface area is 157 Å². The molecule has 1 saturated carbocycles. The van der Waals surface area contributed by atoms with Gasteiger partial charge in [-0.3, -0.25) is 9.36 Å². The molecule has 4 rings (SSSR count). The van der Waals surface area contributed by atoms with E-state index in [0.717, 1.165) is 17.8 Å². The minimum Gasteiger partial charge on any atom is -0.318 e. The second-order valence-corrected chi connectivity index (χ2v) is 7.56. The summed E-state index contributed by atoms with van der Waals surface area (Å²) in [5.41, 5.74) is 2.01. The van der Waals surface area contributed by atoms with E-state index in [4.69, 9.17) is 16.6 Å². The minimum atomic E-state index is -0.140. The van der Waals surface area contributed by atoms with Gasteiger partial charge in [-0.05, 0) is 23.1 Å². The van der Waals surface area contributed by atoms with Gasteiger partial charge in [0.05, 0.1) is 0 Å². The quantitative estimate of drug-likeness (QED) is 0.653. The van der Waals surface area contributed by atoms with Crippen LogP contribution in [0.5, 0.6) is 0 Å². The smallest absolute Gasteiger partial charge is 0.280 e. The molecule has 3 aromatic rings. The van der Waals surface area contributed by atoms with E-state index in [1.165, 1.54) is 36.7 Å². The first-order valence-corrected chi connectivity index (χ1v) is 9.67. The molecule has 2 heterocycles. The van der Waals surface area contributed by atoms with Gasteiger partial charge in [-0.15, -0.1) is 0 Å². The van der Waals surface area contributed by atoms with Crippen molar-refractivity contribution in [2.75, 3.05) is 0 Å².